The second-order valence-corrected chi connectivity index (χ2v) is 5.92. The summed E-state index contributed by atoms with van der Waals surface area (Å²) in [7, 11) is 0. The van der Waals surface area contributed by atoms with Crippen LogP contribution in [0.1, 0.15) is 36.0 Å². The molecule has 3 rings (SSSR count). The van der Waals surface area contributed by atoms with Crippen LogP contribution in [0.4, 0.5) is 0 Å². The molecule has 1 fully saturated rings. The summed E-state index contributed by atoms with van der Waals surface area (Å²) in [6.45, 7) is 0.655. The van der Waals surface area contributed by atoms with Crippen molar-refractivity contribution in [2.24, 2.45) is 11.7 Å². The Hall–Kier alpha value is -1.87. The van der Waals surface area contributed by atoms with Crippen molar-refractivity contribution >= 4 is 16.7 Å². The Labute approximate surface area is 125 Å². The van der Waals surface area contributed by atoms with E-state index >= 15 is 0 Å². The van der Waals surface area contributed by atoms with Crippen molar-refractivity contribution in [2.45, 2.75) is 31.7 Å². The predicted octanol–water partition coefficient (Wildman–Crippen LogP) is 3.09. The van der Waals surface area contributed by atoms with Gasteiger partial charge in [0.2, 0.25) is 0 Å². The van der Waals surface area contributed by atoms with E-state index in [0.29, 0.717) is 12.5 Å². The van der Waals surface area contributed by atoms with Crippen molar-refractivity contribution in [3.63, 3.8) is 0 Å². The van der Waals surface area contributed by atoms with Gasteiger partial charge in [-0.3, -0.25) is 4.79 Å². The number of hydrogen-bond acceptors (Lipinski definition) is 2. The van der Waals surface area contributed by atoms with Crippen LogP contribution in [0.5, 0.6) is 0 Å². The van der Waals surface area contributed by atoms with Gasteiger partial charge in [0.25, 0.3) is 5.91 Å². The molecule has 2 atom stereocenters. The molecule has 1 aliphatic rings. The Bertz CT molecular complexity index is 638. The molecule has 1 aliphatic carbocycles. The first-order valence-electron chi connectivity index (χ1n) is 7.77. The van der Waals surface area contributed by atoms with Crippen LogP contribution in [0.15, 0.2) is 42.5 Å². The van der Waals surface area contributed by atoms with E-state index in [1.807, 2.05) is 36.4 Å². The van der Waals surface area contributed by atoms with Gasteiger partial charge in [0.05, 0.1) is 0 Å². The molecule has 0 aliphatic heterocycles. The molecule has 110 valence electrons. The quantitative estimate of drug-likeness (QED) is 0.909. The molecule has 3 nitrogen and oxygen atoms in total. The molecule has 0 spiro atoms. The topological polar surface area (TPSA) is 55.1 Å². The molecule has 2 unspecified atom stereocenters. The molecule has 0 heterocycles. The average molecular weight is 282 g/mol. The Morgan fingerprint density at radius 1 is 1.10 bits per heavy atom. The first-order valence-corrected chi connectivity index (χ1v) is 7.77. The van der Waals surface area contributed by atoms with Crippen LogP contribution in [0.25, 0.3) is 10.8 Å². The molecule has 3 heteroatoms. The molecule has 2 aromatic carbocycles. The molecule has 21 heavy (non-hydrogen) atoms. The van der Waals surface area contributed by atoms with Crippen molar-refractivity contribution in [2.75, 3.05) is 6.54 Å². The van der Waals surface area contributed by atoms with Gasteiger partial charge in [-0.25, -0.2) is 0 Å². The van der Waals surface area contributed by atoms with E-state index in [0.717, 1.165) is 29.2 Å². The second-order valence-electron chi connectivity index (χ2n) is 5.92. The Balaban J connectivity index is 1.76. The highest BCUT2D eigenvalue weighted by Gasteiger charge is 2.25. The van der Waals surface area contributed by atoms with Gasteiger partial charge < -0.3 is 11.1 Å². The SMILES string of the molecule is NCC1CCCCC1NC(=O)c1ccc2ccccc2c1. The normalized spacial score (nSPS) is 22.1. The van der Waals surface area contributed by atoms with Gasteiger partial charge >= 0.3 is 0 Å². The molecule has 0 aromatic heterocycles. The summed E-state index contributed by atoms with van der Waals surface area (Å²) in [6.07, 6.45) is 4.57. The van der Waals surface area contributed by atoms with Gasteiger partial charge in [0.15, 0.2) is 0 Å². The van der Waals surface area contributed by atoms with E-state index in [9.17, 15) is 4.79 Å². The largest absolute Gasteiger partial charge is 0.349 e. The number of fused-ring (bicyclic) bond motifs is 1. The first-order chi connectivity index (χ1) is 10.3. The molecule has 3 N–H and O–H groups in total. The molecule has 2 aromatic rings. The summed E-state index contributed by atoms with van der Waals surface area (Å²) in [5.74, 6) is 0.439. The summed E-state index contributed by atoms with van der Waals surface area (Å²) < 4.78 is 0. The second kappa shape index (κ2) is 6.27. The third-order valence-electron chi connectivity index (χ3n) is 4.54. The summed E-state index contributed by atoms with van der Waals surface area (Å²) in [4.78, 5) is 12.5. The zero-order valence-corrected chi connectivity index (χ0v) is 12.2. The molecular formula is C18H22N2O. The van der Waals surface area contributed by atoms with E-state index in [1.54, 1.807) is 0 Å². The highest BCUT2D eigenvalue weighted by atomic mass is 16.1. The molecule has 0 radical (unpaired) electrons. The van der Waals surface area contributed by atoms with Gasteiger partial charge in [0.1, 0.15) is 0 Å². The molecule has 1 saturated carbocycles. The number of amides is 1. The third-order valence-corrected chi connectivity index (χ3v) is 4.54. The fourth-order valence-electron chi connectivity index (χ4n) is 3.26. The smallest absolute Gasteiger partial charge is 0.251 e. The van der Waals surface area contributed by atoms with E-state index in [2.05, 4.69) is 11.4 Å². The van der Waals surface area contributed by atoms with Crippen LogP contribution < -0.4 is 11.1 Å². The van der Waals surface area contributed by atoms with E-state index in [1.165, 1.54) is 12.8 Å². The highest BCUT2D eigenvalue weighted by molar-refractivity contribution is 5.98. The van der Waals surface area contributed by atoms with Gasteiger partial charge in [0, 0.05) is 11.6 Å². The third kappa shape index (κ3) is 3.08. The number of carbonyl (C=O) groups is 1. The maximum Gasteiger partial charge on any atom is 0.251 e. The van der Waals surface area contributed by atoms with Crippen LogP contribution in [0, 0.1) is 5.92 Å². The molecule has 0 saturated heterocycles. The van der Waals surface area contributed by atoms with Crippen molar-refractivity contribution < 1.29 is 4.79 Å². The van der Waals surface area contributed by atoms with E-state index in [-0.39, 0.29) is 11.9 Å². The lowest BCUT2D eigenvalue weighted by Gasteiger charge is -2.31. The fraction of sp³-hybridized carbons (Fsp3) is 0.389. The lowest BCUT2D eigenvalue weighted by atomic mass is 9.84. The zero-order chi connectivity index (χ0) is 14.7. The predicted molar refractivity (Wildman–Crippen MR) is 86.2 cm³/mol. The molecule has 0 bridgehead atoms. The van der Waals surface area contributed by atoms with Crippen molar-refractivity contribution in [3.05, 3.63) is 48.0 Å². The van der Waals surface area contributed by atoms with Gasteiger partial charge in [-0.1, -0.05) is 43.2 Å². The van der Waals surface area contributed by atoms with Gasteiger partial charge in [-0.05, 0) is 48.2 Å². The summed E-state index contributed by atoms with van der Waals surface area (Å²) in [5.41, 5.74) is 6.56. The Morgan fingerprint density at radius 3 is 2.67 bits per heavy atom. The van der Waals surface area contributed by atoms with E-state index < -0.39 is 0 Å². The number of nitrogens with one attached hydrogen (secondary N) is 1. The molecule has 1 amide bonds. The van der Waals surface area contributed by atoms with Crippen LogP contribution in [-0.2, 0) is 0 Å². The minimum absolute atomic E-state index is 0.0195. The van der Waals surface area contributed by atoms with Crippen molar-refractivity contribution in [3.8, 4) is 0 Å². The lowest BCUT2D eigenvalue weighted by Crippen LogP contribution is -2.44. The lowest BCUT2D eigenvalue weighted by molar-refractivity contribution is 0.0908. The number of nitrogens with two attached hydrogens (primary N) is 1. The monoisotopic (exact) mass is 282 g/mol. The Morgan fingerprint density at radius 2 is 1.86 bits per heavy atom. The van der Waals surface area contributed by atoms with E-state index in [4.69, 9.17) is 5.73 Å². The van der Waals surface area contributed by atoms with Crippen LogP contribution in [-0.4, -0.2) is 18.5 Å². The minimum Gasteiger partial charge on any atom is -0.349 e. The van der Waals surface area contributed by atoms with Crippen LogP contribution in [0.2, 0.25) is 0 Å². The van der Waals surface area contributed by atoms with Crippen molar-refractivity contribution in [1.29, 1.82) is 0 Å². The maximum atomic E-state index is 12.5. The number of carbonyl (C=O) groups excluding carboxylic acids is 1. The Kier molecular flexibility index (Phi) is 4.20. The average Bonchev–Trinajstić information content (AvgIpc) is 2.55. The van der Waals surface area contributed by atoms with Gasteiger partial charge in [-0.2, -0.15) is 0 Å². The highest BCUT2D eigenvalue weighted by Crippen LogP contribution is 2.24. The van der Waals surface area contributed by atoms with Crippen molar-refractivity contribution in [1.82, 2.24) is 5.32 Å². The van der Waals surface area contributed by atoms with Gasteiger partial charge in [-0.15, -0.1) is 0 Å². The molecular weight excluding hydrogens is 260 g/mol. The summed E-state index contributed by atoms with van der Waals surface area (Å²) in [6, 6.07) is 14.2. The standard InChI is InChI=1S/C18H22N2O/c19-12-16-7-3-4-8-17(16)20-18(21)15-10-9-13-5-1-2-6-14(13)11-15/h1-2,5-6,9-11,16-17H,3-4,7-8,12,19H2,(H,20,21). The number of rotatable bonds is 3. The first kappa shape index (κ1) is 14.1. The minimum atomic E-state index is 0.0195. The van der Waals surface area contributed by atoms with Crippen LogP contribution >= 0.6 is 0 Å². The number of hydrogen-bond donors (Lipinski definition) is 2. The summed E-state index contributed by atoms with van der Waals surface area (Å²) in [5, 5.41) is 5.44. The zero-order valence-electron chi connectivity index (χ0n) is 12.2. The maximum absolute atomic E-state index is 12.5. The van der Waals surface area contributed by atoms with Crippen LogP contribution in [0.3, 0.4) is 0 Å². The fourth-order valence-corrected chi connectivity index (χ4v) is 3.26. The number of benzene rings is 2. The summed E-state index contributed by atoms with van der Waals surface area (Å²) >= 11 is 0.